The molecule has 3 unspecified atom stereocenters. The van der Waals surface area contributed by atoms with Crippen molar-refractivity contribution in [2.24, 2.45) is 10.9 Å². The minimum Gasteiger partial charge on any atom is -0.466 e. The topological polar surface area (TPSA) is 189 Å². The summed E-state index contributed by atoms with van der Waals surface area (Å²) >= 11 is 1.22. The zero-order valence-corrected chi connectivity index (χ0v) is 19.4. The molecule has 0 saturated carbocycles. The van der Waals surface area contributed by atoms with Gasteiger partial charge in [0.1, 0.15) is 35.7 Å². The number of amides is 3. The number of carbonyl (C=O) groups is 5. The van der Waals surface area contributed by atoms with Crippen molar-refractivity contribution < 1.29 is 47.4 Å². The standard InChI is InChI=1S/C20H22N4O10S/c1-10(25)33-11(2)34-19(28)16-12(7-31-20(21)29)9-35-18-15(17(27)24(16)18)23-14(26)6-22-32-8-13-4-3-5-30-13/h3-6,11,15,18H,7-9H2,1-2H3,(H2,21,29)(H,23,26). The number of nitrogens with two attached hydrogens (primary N) is 1. The van der Waals surface area contributed by atoms with Crippen molar-refractivity contribution in [1.29, 1.82) is 0 Å². The minimum atomic E-state index is -1.23. The van der Waals surface area contributed by atoms with Crippen molar-refractivity contribution in [3.05, 3.63) is 35.4 Å². The molecule has 3 N–H and O–H groups in total. The number of hydrogen-bond acceptors (Lipinski definition) is 12. The van der Waals surface area contributed by atoms with E-state index in [1.54, 1.807) is 12.1 Å². The van der Waals surface area contributed by atoms with Gasteiger partial charge in [-0.15, -0.1) is 11.8 Å². The van der Waals surface area contributed by atoms with Gasteiger partial charge in [-0.2, -0.15) is 0 Å². The predicted molar refractivity (Wildman–Crippen MR) is 117 cm³/mol. The maximum absolute atomic E-state index is 12.8. The third kappa shape index (κ3) is 6.53. The molecule has 3 rings (SSSR count). The molecule has 0 aromatic carbocycles. The highest BCUT2D eigenvalue weighted by atomic mass is 32.2. The quantitative estimate of drug-likeness (QED) is 0.141. The van der Waals surface area contributed by atoms with Gasteiger partial charge in [-0.3, -0.25) is 19.3 Å². The normalized spacial score (nSPS) is 19.9. The number of nitrogens with zero attached hydrogens (tertiary/aromatic N) is 2. The van der Waals surface area contributed by atoms with Crippen molar-refractivity contribution in [2.75, 3.05) is 12.4 Å². The van der Waals surface area contributed by atoms with Crippen LogP contribution in [-0.2, 0) is 44.8 Å². The van der Waals surface area contributed by atoms with Crippen LogP contribution in [0.3, 0.4) is 0 Å². The Labute approximate surface area is 202 Å². The molecule has 1 saturated heterocycles. The van der Waals surface area contributed by atoms with Gasteiger partial charge in [0.15, 0.2) is 6.61 Å². The van der Waals surface area contributed by atoms with Gasteiger partial charge in [-0.05, 0) is 12.1 Å². The number of carbonyl (C=O) groups excluding carboxylic acids is 5. The fraction of sp³-hybridized carbons (Fsp3) is 0.400. The van der Waals surface area contributed by atoms with E-state index in [1.165, 1.54) is 24.9 Å². The molecule has 3 atom stereocenters. The fourth-order valence-corrected chi connectivity index (χ4v) is 4.50. The van der Waals surface area contributed by atoms with E-state index < -0.39 is 47.6 Å². The Kier molecular flexibility index (Phi) is 8.35. The molecule has 0 aliphatic carbocycles. The molecule has 15 heteroatoms. The van der Waals surface area contributed by atoms with Crippen molar-refractivity contribution >= 4 is 47.8 Å². The first-order valence-corrected chi connectivity index (χ1v) is 11.2. The van der Waals surface area contributed by atoms with Crippen LogP contribution in [0.25, 0.3) is 0 Å². The zero-order valence-electron chi connectivity index (χ0n) is 18.6. The van der Waals surface area contributed by atoms with Gasteiger partial charge in [0.2, 0.25) is 6.29 Å². The Balaban J connectivity index is 1.65. The van der Waals surface area contributed by atoms with E-state index in [-0.39, 0.29) is 30.2 Å². The van der Waals surface area contributed by atoms with Crippen molar-refractivity contribution in [1.82, 2.24) is 10.2 Å². The summed E-state index contributed by atoms with van der Waals surface area (Å²) in [4.78, 5) is 66.0. The first kappa shape index (κ1) is 25.6. The Morgan fingerprint density at radius 2 is 2.11 bits per heavy atom. The summed E-state index contributed by atoms with van der Waals surface area (Å²) in [7, 11) is 0. The molecule has 2 aliphatic heterocycles. The number of ether oxygens (including phenoxy) is 3. The molecule has 1 aromatic heterocycles. The maximum Gasteiger partial charge on any atom is 0.404 e. The van der Waals surface area contributed by atoms with E-state index in [0.717, 1.165) is 18.0 Å². The molecule has 1 aromatic rings. The van der Waals surface area contributed by atoms with Gasteiger partial charge in [0, 0.05) is 25.2 Å². The second-order valence-electron chi connectivity index (χ2n) is 7.13. The number of nitrogens with one attached hydrogen (secondary N) is 1. The molecule has 2 aliphatic rings. The highest BCUT2D eigenvalue weighted by Gasteiger charge is 2.54. The third-order valence-electron chi connectivity index (χ3n) is 4.56. The summed E-state index contributed by atoms with van der Waals surface area (Å²) in [6.45, 7) is 2.12. The number of β-lactam (4-membered cyclic amide) rings is 1. The number of oxime groups is 1. The van der Waals surface area contributed by atoms with Crippen molar-refractivity contribution in [3.63, 3.8) is 0 Å². The number of rotatable bonds is 10. The lowest BCUT2D eigenvalue weighted by Crippen LogP contribution is -2.70. The molecule has 0 radical (unpaired) electrons. The first-order valence-electron chi connectivity index (χ1n) is 10.1. The molecule has 3 heterocycles. The molecule has 3 amide bonds. The van der Waals surface area contributed by atoms with Crippen LogP contribution in [0.1, 0.15) is 19.6 Å². The number of thioether (sulfide) groups is 1. The van der Waals surface area contributed by atoms with Gasteiger partial charge < -0.3 is 34.5 Å². The fourth-order valence-electron chi connectivity index (χ4n) is 3.18. The summed E-state index contributed by atoms with van der Waals surface area (Å²) < 4.78 is 19.7. The van der Waals surface area contributed by atoms with Gasteiger partial charge in [-0.1, -0.05) is 5.16 Å². The zero-order chi connectivity index (χ0) is 25.5. The summed E-state index contributed by atoms with van der Waals surface area (Å²) in [5, 5.41) is 5.38. The van der Waals surface area contributed by atoms with E-state index in [4.69, 9.17) is 29.2 Å². The molecule has 14 nitrogen and oxygen atoms in total. The summed E-state index contributed by atoms with van der Waals surface area (Å²) in [6, 6.07) is 2.38. The van der Waals surface area contributed by atoms with Crippen LogP contribution in [0.4, 0.5) is 4.79 Å². The SMILES string of the molecule is CC(=O)OC(C)OC(=O)C1=C(COC(N)=O)CSC2C(NC(=O)C=NOCc3ccco3)C(=O)N12. The highest BCUT2D eigenvalue weighted by Crippen LogP contribution is 2.40. The predicted octanol–water partition coefficient (Wildman–Crippen LogP) is -0.0164. The number of fused-ring (bicyclic) bond motifs is 1. The minimum absolute atomic E-state index is 0.0174. The molecule has 35 heavy (non-hydrogen) atoms. The van der Waals surface area contributed by atoms with E-state index in [2.05, 4.69) is 10.5 Å². The van der Waals surface area contributed by atoms with E-state index in [9.17, 15) is 24.0 Å². The second-order valence-corrected chi connectivity index (χ2v) is 8.23. The van der Waals surface area contributed by atoms with Gasteiger partial charge in [-0.25, -0.2) is 9.59 Å². The Bertz CT molecular complexity index is 1050. The Hall–Kier alpha value is -4.01. The molecule has 188 valence electrons. The molecular formula is C20H22N4O10S. The molecular weight excluding hydrogens is 488 g/mol. The summed E-state index contributed by atoms with van der Waals surface area (Å²) in [5.74, 6) is -2.27. The summed E-state index contributed by atoms with van der Waals surface area (Å²) in [6.07, 6.45) is 0.0261. The highest BCUT2D eigenvalue weighted by molar-refractivity contribution is 8.00. The number of hydrogen-bond donors (Lipinski definition) is 2. The average molecular weight is 510 g/mol. The average Bonchev–Trinajstić information content (AvgIpc) is 3.31. The Morgan fingerprint density at radius 3 is 2.77 bits per heavy atom. The van der Waals surface area contributed by atoms with Crippen LogP contribution < -0.4 is 11.1 Å². The van der Waals surface area contributed by atoms with Gasteiger partial charge in [0.25, 0.3) is 11.8 Å². The molecule has 0 bridgehead atoms. The number of esters is 2. The molecule has 0 spiro atoms. The van der Waals surface area contributed by atoms with E-state index in [0.29, 0.717) is 5.76 Å². The second kappa shape index (κ2) is 11.4. The van der Waals surface area contributed by atoms with Crippen LogP contribution in [-0.4, -0.2) is 71.0 Å². The van der Waals surface area contributed by atoms with Crippen LogP contribution in [0.2, 0.25) is 0 Å². The van der Waals surface area contributed by atoms with Gasteiger partial charge in [0.05, 0.1) is 6.26 Å². The van der Waals surface area contributed by atoms with Crippen molar-refractivity contribution in [2.45, 2.75) is 38.2 Å². The van der Waals surface area contributed by atoms with Crippen molar-refractivity contribution in [3.8, 4) is 0 Å². The lowest BCUT2D eigenvalue weighted by Gasteiger charge is -2.49. The van der Waals surface area contributed by atoms with E-state index in [1.807, 2.05) is 0 Å². The summed E-state index contributed by atoms with van der Waals surface area (Å²) in [5.41, 5.74) is 5.08. The lowest BCUT2D eigenvalue weighted by atomic mass is 10.0. The Morgan fingerprint density at radius 1 is 1.34 bits per heavy atom. The smallest absolute Gasteiger partial charge is 0.404 e. The van der Waals surface area contributed by atoms with Gasteiger partial charge >= 0.3 is 18.0 Å². The third-order valence-corrected chi connectivity index (χ3v) is 5.90. The number of furan rings is 1. The maximum atomic E-state index is 12.8. The van der Waals surface area contributed by atoms with Crippen LogP contribution in [0, 0.1) is 0 Å². The molecule has 1 fully saturated rings. The van der Waals surface area contributed by atoms with Crippen LogP contribution in [0.5, 0.6) is 0 Å². The first-order chi connectivity index (χ1) is 16.7. The lowest BCUT2D eigenvalue weighted by molar-refractivity contribution is -0.182. The van der Waals surface area contributed by atoms with E-state index >= 15 is 0 Å². The largest absolute Gasteiger partial charge is 0.466 e. The monoisotopic (exact) mass is 510 g/mol. The number of primary amides is 1. The van der Waals surface area contributed by atoms with Crippen LogP contribution >= 0.6 is 11.8 Å². The van der Waals surface area contributed by atoms with Crippen LogP contribution in [0.15, 0.2) is 39.2 Å².